The van der Waals surface area contributed by atoms with Gasteiger partial charge in [0, 0.05) is 12.6 Å². The molecule has 0 radical (unpaired) electrons. The molecule has 2 atom stereocenters. The summed E-state index contributed by atoms with van der Waals surface area (Å²) in [5, 5.41) is 3.36. The maximum Gasteiger partial charge on any atom is 0.391 e. The molecular formula is C13H22F3NO. The number of hydrogen-bond acceptors (Lipinski definition) is 2. The van der Waals surface area contributed by atoms with Crippen molar-refractivity contribution in [1.29, 1.82) is 0 Å². The van der Waals surface area contributed by atoms with Crippen molar-refractivity contribution in [1.82, 2.24) is 5.32 Å². The molecule has 2 rings (SSSR count). The van der Waals surface area contributed by atoms with Crippen molar-refractivity contribution in [2.24, 2.45) is 5.92 Å². The minimum Gasteiger partial charge on any atom is -0.374 e. The van der Waals surface area contributed by atoms with Gasteiger partial charge in [-0.25, -0.2) is 0 Å². The van der Waals surface area contributed by atoms with Crippen LogP contribution >= 0.6 is 0 Å². The second kappa shape index (κ2) is 5.78. The Morgan fingerprint density at radius 1 is 1.06 bits per heavy atom. The molecule has 5 heteroatoms. The van der Waals surface area contributed by atoms with Gasteiger partial charge in [0.1, 0.15) is 0 Å². The van der Waals surface area contributed by atoms with Crippen LogP contribution < -0.4 is 5.32 Å². The van der Waals surface area contributed by atoms with Crippen LogP contribution in [0.2, 0.25) is 0 Å². The predicted octanol–water partition coefficient (Wildman–Crippen LogP) is 3.26. The van der Waals surface area contributed by atoms with E-state index in [-0.39, 0.29) is 25.0 Å². The first-order valence-electron chi connectivity index (χ1n) is 6.90. The molecule has 0 bridgehead atoms. The summed E-state index contributed by atoms with van der Waals surface area (Å²) in [6.45, 7) is 2.85. The monoisotopic (exact) mass is 265 g/mol. The minimum absolute atomic E-state index is 0.239. The van der Waals surface area contributed by atoms with Gasteiger partial charge in [0.05, 0.1) is 18.1 Å². The van der Waals surface area contributed by atoms with E-state index in [0.29, 0.717) is 18.9 Å². The fraction of sp³-hybridized carbons (Fsp3) is 1.00. The van der Waals surface area contributed by atoms with E-state index in [4.69, 9.17) is 4.74 Å². The first-order chi connectivity index (χ1) is 8.45. The summed E-state index contributed by atoms with van der Waals surface area (Å²) in [7, 11) is 0. The van der Waals surface area contributed by atoms with E-state index in [2.05, 4.69) is 12.2 Å². The summed E-state index contributed by atoms with van der Waals surface area (Å²) in [4.78, 5) is 0. The third kappa shape index (κ3) is 3.85. The highest BCUT2D eigenvalue weighted by Crippen LogP contribution is 2.37. The van der Waals surface area contributed by atoms with Gasteiger partial charge in [-0.1, -0.05) is 0 Å². The molecule has 0 spiro atoms. The Labute approximate surface area is 106 Å². The van der Waals surface area contributed by atoms with Crippen molar-refractivity contribution < 1.29 is 17.9 Å². The Morgan fingerprint density at radius 3 is 2.22 bits per heavy atom. The first-order valence-corrected chi connectivity index (χ1v) is 6.90. The molecule has 1 N–H and O–H groups in total. The summed E-state index contributed by atoms with van der Waals surface area (Å²) >= 11 is 0. The van der Waals surface area contributed by atoms with Crippen molar-refractivity contribution in [3.05, 3.63) is 0 Å². The van der Waals surface area contributed by atoms with Crippen molar-refractivity contribution in [2.75, 3.05) is 6.54 Å². The van der Waals surface area contributed by atoms with Gasteiger partial charge in [-0.15, -0.1) is 0 Å². The van der Waals surface area contributed by atoms with Crippen LogP contribution in [0.15, 0.2) is 0 Å². The van der Waals surface area contributed by atoms with E-state index >= 15 is 0 Å². The number of halogens is 3. The van der Waals surface area contributed by atoms with Crippen LogP contribution in [-0.4, -0.2) is 31.0 Å². The molecule has 2 aliphatic rings. The zero-order valence-electron chi connectivity index (χ0n) is 10.8. The summed E-state index contributed by atoms with van der Waals surface area (Å²) in [6, 6.07) is 0.239. The van der Waals surface area contributed by atoms with Gasteiger partial charge in [0.15, 0.2) is 0 Å². The molecule has 106 valence electrons. The highest BCUT2D eigenvalue weighted by atomic mass is 19.4. The van der Waals surface area contributed by atoms with Crippen LogP contribution in [0.4, 0.5) is 13.2 Å². The molecule has 1 saturated carbocycles. The molecule has 1 saturated heterocycles. The standard InChI is InChI=1S/C13H22F3NO/c1-9-2-7-12(18-9)8-17-11-5-3-10(4-6-11)13(14,15)16/h9-12,17H,2-8H2,1H3. The molecule has 0 amide bonds. The van der Waals surface area contributed by atoms with Crippen molar-refractivity contribution in [3.8, 4) is 0 Å². The molecule has 0 aromatic heterocycles. The number of nitrogens with one attached hydrogen (secondary N) is 1. The Hall–Kier alpha value is -0.290. The lowest BCUT2D eigenvalue weighted by atomic mass is 9.85. The zero-order valence-corrected chi connectivity index (χ0v) is 10.8. The molecule has 0 aromatic rings. The van der Waals surface area contributed by atoms with E-state index in [1.165, 1.54) is 0 Å². The second-order valence-electron chi connectivity index (χ2n) is 5.64. The largest absolute Gasteiger partial charge is 0.391 e. The van der Waals surface area contributed by atoms with E-state index < -0.39 is 12.1 Å². The van der Waals surface area contributed by atoms with Crippen LogP contribution in [0.25, 0.3) is 0 Å². The number of alkyl halides is 3. The third-order valence-corrected chi connectivity index (χ3v) is 4.14. The highest BCUT2D eigenvalue weighted by Gasteiger charge is 2.41. The summed E-state index contributed by atoms with van der Waals surface area (Å²) in [5.41, 5.74) is 0. The van der Waals surface area contributed by atoms with Crippen molar-refractivity contribution in [2.45, 2.75) is 69.9 Å². The molecule has 2 fully saturated rings. The van der Waals surface area contributed by atoms with E-state index in [9.17, 15) is 13.2 Å². The fourth-order valence-corrected chi connectivity index (χ4v) is 2.96. The average Bonchev–Trinajstić information content (AvgIpc) is 2.72. The lowest BCUT2D eigenvalue weighted by Crippen LogP contribution is -2.40. The lowest BCUT2D eigenvalue weighted by Gasteiger charge is -2.31. The Balaban J connectivity index is 1.65. The van der Waals surface area contributed by atoms with Crippen LogP contribution in [0.1, 0.15) is 45.4 Å². The number of ether oxygens (including phenoxy) is 1. The van der Waals surface area contributed by atoms with Crippen molar-refractivity contribution in [3.63, 3.8) is 0 Å². The molecule has 2 nitrogen and oxygen atoms in total. The maximum absolute atomic E-state index is 12.5. The van der Waals surface area contributed by atoms with Gasteiger partial charge in [0.25, 0.3) is 0 Å². The maximum atomic E-state index is 12.5. The molecule has 1 aliphatic heterocycles. The normalized spacial score (nSPS) is 38.0. The molecule has 2 unspecified atom stereocenters. The second-order valence-corrected chi connectivity index (χ2v) is 5.64. The minimum atomic E-state index is -4.00. The smallest absolute Gasteiger partial charge is 0.374 e. The quantitative estimate of drug-likeness (QED) is 0.845. The summed E-state index contributed by atoms with van der Waals surface area (Å²) in [5.74, 6) is -1.08. The number of rotatable bonds is 3. The van der Waals surface area contributed by atoms with Gasteiger partial charge >= 0.3 is 6.18 Å². The summed E-state index contributed by atoms with van der Waals surface area (Å²) in [6.07, 6.45) is 0.525. The molecular weight excluding hydrogens is 243 g/mol. The molecule has 1 aliphatic carbocycles. The topological polar surface area (TPSA) is 21.3 Å². The SMILES string of the molecule is CC1CCC(CNC2CCC(C(F)(F)F)CC2)O1. The predicted molar refractivity (Wildman–Crippen MR) is 63.4 cm³/mol. The van der Waals surface area contributed by atoms with Gasteiger partial charge in [-0.05, 0) is 45.4 Å². The average molecular weight is 265 g/mol. The van der Waals surface area contributed by atoms with Gasteiger partial charge in [0.2, 0.25) is 0 Å². The highest BCUT2D eigenvalue weighted by molar-refractivity contribution is 4.82. The number of hydrogen-bond donors (Lipinski definition) is 1. The lowest BCUT2D eigenvalue weighted by molar-refractivity contribution is -0.182. The zero-order chi connectivity index (χ0) is 13.2. The molecule has 1 heterocycles. The van der Waals surface area contributed by atoms with Crippen LogP contribution in [-0.2, 0) is 4.74 Å². The fourth-order valence-electron chi connectivity index (χ4n) is 2.96. The Kier molecular flexibility index (Phi) is 4.54. The third-order valence-electron chi connectivity index (χ3n) is 4.14. The van der Waals surface area contributed by atoms with Crippen LogP contribution in [0.5, 0.6) is 0 Å². The first kappa shape index (κ1) is 14.1. The van der Waals surface area contributed by atoms with Gasteiger partial charge in [-0.2, -0.15) is 13.2 Å². The van der Waals surface area contributed by atoms with Gasteiger partial charge < -0.3 is 10.1 Å². The summed E-state index contributed by atoms with van der Waals surface area (Å²) < 4.78 is 43.2. The van der Waals surface area contributed by atoms with Crippen molar-refractivity contribution >= 4 is 0 Å². The van der Waals surface area contributed by atoms with Crippen LogP contribution in [0.3, 0.4) is 0 Å². The molecule has 18 heavy (non-hydrogen) atoms. The van der Waals surface area contributed by atoms with Gasteiger partial charge in [-0.3, -0.25) is 0 Å². The van der Waals surface area contributed by atoms with Crippen LogP contribution in [0, 0.1) is 5.92 Å². The van der Waals surface area contributed by atoms with E-state index in [0.717, 1.165) is 19.4 Å². The Morgan fingerprint density at radius 2 is 1.72 bits per heavy atom. The Bertz CT molecular complexity index is 261. The van der Waals surface area contributed by atoms with E-state index in [1.54, 1.807) is 0 Å². The van der Waals surface area contributed by atoms with E-state index in [1.807, 2.05) is 0 Å². The molecule has 0 aromatic carbocycles.